The van der Waals surface area contributed by atoms with Crippen LogP contribution < -0.4 is 0 Å². The maximum atomic E-state index is 13.1. The Kier molecular flexibility index (Phi) is 5.46. The van der Waals surface area contributed by atoms with Crippen molar-refractivity contribution in [3.63, 3.8) is 0 Å². The van der Waals surface area contributed by atoms with Gasteiger partial charge in [-0.25, -0.2) is 8.42 Å². The molecule has 8 heteroatoms. The highest BCUT2D eigenvalue weighted by atomic mass is 35.5. The second kappa shape index (κ2) is 7.89. The zero-order valence-electron chi connectivity index (χ0n) is 16.3. The Morgan fingerprint density at radius 1 is 1.14 bits per heavy atom. The maximum absolute atomic E-state index is 13.1. The van der Waals surface area contributed by atoms with E-state index in [0.29, 0.717) is 29.8 Å². The topological polar surface area (TPSA) is 76.3 Å². The predicted molar refractivity (Wildman–Crippen MR) is 111 cm³/mol. The zero-order valence-corrected chi connectivity index (χ0v) is 17.9. The Balaban J connectivity index is 1.55. The van der Waals surface area contributed by atoms with E-state index in [1.54, 1.807) is 12.1 Å². The van der Waals surface area contributed by atoms with Gasteiger partial charge in [-0.15, -0.1) is 0 Å². The molecule has 0 spiro atoms. The minimum absolute atomic E-state index is 0.133. The third-order valence-corrected chi connectivity index (χ3v) is 7.53. The first-order valence-electron chi connectivity index (χ1n) is 9.51. The molecule has 0 radical (unpaired) electrons. The molecule has 1 unspecified atom stereocenters. The van der Waals surface area contributed by atoms with Crippen LogP contribution in [0.1, 0.15) is 35.8 Å². The van der Waals surface area contributed by atoms with Crippen molar-refractivity contribution < 1.29 is 12.9 Å². The molecule has 29 heavy (non-hydrogen) atoms. The first kappa shape index (κ1) is 20.1. The van der Waals surface area contributed by atoms with Crippen LogP contribution in [0.15, 0.2) is 51.9 Å². The van der Waals surface area contributed by atoms with E-state index in [4.69, 9.17) is 16.1 Å². The second-order valence-corrected chi connectivity index (χ2v) is 9.78. The van der Waals surface area contributed by atoms with Gasteiger partial charge in [-0.1, -0.05) is 52.7 Å². The van der Waals surface area contributed by atoms with Crippen LogP contribution in [0.4, 0.5) is 0 Å². The molecule has 3 aromatic rings. The van der Waals surface area contributed by atoms with Crippen molar-refractivity contribution in [2.24, 2.45) is 0 Å². The molecule has 1 aromatic heterocycles. The van der Waals surface area contributed by atoms with Gasteiger partial charge in [0.2, 0.25) is 21.7 Å². The number of nitrogens with zero attached hydrogens (tertiary/aromatic N) is 3. The lowest BCUT2D eigenvalue weighted by molar-refractivity contribution is 0.265. The van der Waals surface area contributed by atoms with Gasteiger partial charge in [0.25, 0.3) is 0 Å². The number of hydrogen-bond acceptors (Lipinski definition) is 5. The molecular formula is C21H22ClN3O3S. The van der Waals surface area contributed by atoms with Crippen molar-refractivity contribution in [1.29, 1.82) is 0 Å². The van der Waals surface area contributed by atoms with Gasteiger partial charge in [0.15, 0.2) is 0 Å². The van der Waals surface area contributed by atoms with Crippen LogP contribution >= 0.6 is 11.6 Å². The third kappa shape index (κ3) is 4.08. The lowest BCUT2D eigenvalue weighted by Crippen LogP contribution is -2.39. The van der Waals surface area contributed by atoms with Gasteiger partial charge in [-0.05, 0) is 44.4 Å². The van der Waals surface area contributed by atoms with Crippen LogP contribution in [0.3, 0.4) is 0 Å². The summed E-state index contributed by atoms with van der Waals surface area (Å²) in [5, 5.41) is 4.53. The quantitative estimate of drug-likeness (QED) is 0.604. The average Bonchev–Trinajstić information content (AvgIpc) is 3.21. The van der Waals surface area contributed by atoms with E-state index in [-0.39, 0.29) is 10.8 Å². The van der Waals surface area contributed by atoms with Gasteiger partial charge in [-0.3, -0.25) is 0 Å². The monoisotopic (exact) mass is 431 g/mol. The third-order valence-electron chi connectivity index (χ3n) is 5.27. The van der Waals surface area contributed by atoms with Crippen molar-refractivity contribution in [2.75, 3.05) is 13.1 Å². The molecule has 0 N–H and O–H groups in total. The average molecular weight is 432 g/mol. The number of hydrogen-bond donors (Lipinski definition) is 0. The van der Waals surface area contributed by atoms with Crippen molar-refractivity contribution >= 4 is 21.6 Å². The molecule has 1 saturated heterocycles. The van der Waals surface area contributed by atoms with Gasteiger partial charge >= 0.3 is 0 Å². The fourth-order valence-electron chi connectivity index (χ4n) is 3.47. The summed E-state index contributed by atoms with van der Waals surface area (Å²) in [7, 11) is -3.63. The molecular weight excluding hydrogens is 410 g/mol. The van der Waals surface area contributed by atoms with Gasteiger partial charge in [0.1, 0.15) is 0 Å². The molecule has 4 rings (SSSR count). The van der Waals surface area contributed by atoms with E-state index >= 15 is 0 Å². The molecule has 0 bridgehead atoms. The number of benzene rings is 2. The van der Waals surface area contributed by atoms with Crippen molar-refractivity contribution in [1.82, 2.24) is 14.4 Å². The summed E-state index contributed by atoms with van der Waals surface area (Å²) in [5.41, 5.74) is 2.87. The summed E-state index contributed by atoms with van der Waals surface area (Å²) in [5.74, 6) is 0.860. The van der Waals surface area contributed by atoms with Crippen molar-refractivity contribution in [3.8, 4) is 11.4 Å². The zero-order chi connectivity index (χ0) is 20.6. The summed E-state index contributed by atoms with van der Waals surface area (Å²) < 4.78 is 33.1. The highest BCUT2D eigenvalue weighted by molar-refractivity contribution is 7.89. The number of aromatic nitrogens is 2. The Hall–Kier alpha value is -2.22. The minimum Gasteiger partial charge on any atom is -0.339 e. The Morgan fingerprint density at radius 3 is 2.62 bits per heavy atom. The smallest absolute Gasteiger partial charge is 0.243 e. The van der Waals surface area contributed by atoms with Crippen molar-refractivity contribution in [2.45, 2.75) is 37.5 Å². The Bertz CT molecular complexity index is 1130. The SMILES string of the molecule is Cc1ccc(-c2noc(C3CCCN(S(=O)(=O)c4ccc(C)c(Cl)c4)C3)n2)cc1. The predicted octanol–water partition coefficient (Wildman–Crippen LogP) is 4.58. The molecule has 0 saturated carbocycles. The summed E-state index contributed by atoms with van der Waals surface area (Å²) in [6, 6.07) is 12.7. The molecule has 152 valence electrons. The highest BCUT2D eigenvalue weighted by Crippen LogP contribution is 2.31. The van der Waals surface area contributed by atoms with E-state index in [0.717, 1.165) is 29.5 Å². The Morgan fingerprint density at radius 2 is 1.90 bits per heavy atom. The minimum atomic E-state index is -3.63. The lowest BCUT2D eigenvalue weighted by atomic mass is 10.00. The highest BCUT2D eigenvalue weighted by Gasteiger charge is 2.33. The molecule has 1 atom stereocenters. The largest absolute Gasteiger partial charge is 0.339 e. The van der Waals surface area contributed by atoms with Gasteiger partial charge in [0, 0.05) is 23.7 Å². The van der Waals surface area contributed by atoms with E-state index in [9.17, 15) is 8.42 Å². The van der Waals surface area contributed by atoms with Crippen LogP contribution in [-0.2, 0) is 10.0 Å². The van der Waals surface area contributed by atoms with Gasteiger partial charge in [0.05, 0.1) is 10.8 Å². The molecule has 1 fully saturated rings. The van der Waals surface area contributed by atoms with Crippen LogP contribution in [0, 0.1) is 13.8 Å². The van der Waals surface area contributed by atoms with E-state index in [1.165, 1.54) is 10.4 Å². The van der Waals surface area contributed by atoms with Crippen LogP contribution in [-0.4, -0.2) is 36.0 Å². The molecule has 2 heterocycles. The number of aryl methyl sites for hydroxylation is 2. The van der Waals surface area contributed by atoms with Crippen LogP contribution in [0.2, 0.25) is 5.02 Å². The number of piperidine rings is 1. The van der Waals surface area contributed by atoms with E-state index in [2.05, 4.69) is 10.1 Å². The fourth-order valence-corrected chi connectivity index (χ4v) is 5.26. The molecule has 6 nitrogen and oxygen atoms in total. The number of halogens is 1. The van der Waals surface area contributed by atoms with Crippen molar-refractivity contribution in [3.05, 3.63) is 64.5 Å². The first-order valence-corrected chi connectivity index (χ1v) is 11.3. The molecule has 1 aliphatic heterocycles. The fraction of sp³-hybridized carbons (Fsp3) is 0.333. The lowest BCUT2D eigenvalue weighted by Gasteiger charge is -2.30. The molecule has 2 aromatic carbocycles. The molecule has 0 amide bonds. The van der Waals surface area contributed by atoms with E-state index < -0.39 is 10.0 Å². The number of rotatable bonds is 4. The summed E-state index contributed by atoms with van der Waals surface area (Å²) in [6.45, 7) is 4.63. The van der Waals surface area contributed by atoms with Gasteiger partial charge < -0.3 is 4.52 Å². The van der Waals surface area contributed by atoms with E-state index in [1.807, 2.05) is 38.1 Å². The van der Waals surface area contributed by atoms with Crippen LogP contribution in [0.5, 0.6) is 0 Å². The summed E-state index contributed by atoms with van der Waals surface area (Å²) >= 11 is 6.14. The summed E-state index contributed by atoms with van der Waals surface area (Å²) in [4.78, 5) is 4.74. The summed E-state index contributed by atoms with van der Waals surface area (Å²) in [6.07, 6.45) is 1.53. The second-order valence-electron chi connectivity index (χ2n) is 7.44. The molecule has 1 aliphatic rings. The van der Waals surface area contributed by atoms with Crippen LogP contribution in [0.25, 0.3) is 11.4 Å². The Labute approximate surface area is 175 Å². The van der Waals surface area contributed by atoms with Gasteiger partial charge in [-0.2, -0.15) is 9.29 Å². The molecule has 0 aliphatic carbocycles. The number of sulfonamides is 1. The normalized spacial score (nSPS) is 18.1. The first-order chi connectivity index (χ1) is 13.8. The maximum Gasteiger partial charge on any atom is 0.243 e. The standard InChI is InChI=1S/C21H22ClN3O3S/c1-14-5-8-16(9-6-14)20-23-21(28-24-20)17-4-3-11-25(13-17)29(26,27)18-10-7-15(2)19(22)12-18/h5-10,12,17H,3-4,11,13H2,1-2H3.